The number of unbranched alkanes of at least 4 members (excludes halogenated alkanes) is 2. The molecule has 1 unspecified atom stereocenters. The molecule has 0 aliphatic rings. The zero-order chi connectivity index (χ0) is 21.7. The Balaban J connectivity index is 2.52. The zero-order valence-electron chi connectivity index (χ0n) is 15.9. The van der Waals surface area contributed by atoms with Crippen LogP contribution in [-0.4, -0.2) is 23.5 Å². The lowest BCUT2D eigenvalue weighted by molar-refractivity contribution is -0.117. The highest BCUT2D eigenvalue weighted by Gasteiger charge is 2.34. The Kier molecular flexibility index (Phi) is 7.36. The maximum absolute atomic E-state index is 14.7. The van der Waals surface area contributed by atoms with Gasteiger partial charge >= 0.3 is 5.97 Å². The van der Waals surface area contributed by atoms with Crippen molar-refractivity contribution in [2.45, 2.75) is 39.0 Å². The molecule has 0 bridgehead atoms. The number of carbonyl (C=O) groups is 2. The van der Waals surface area contributed by atoms with Gasteiger partial charge in [-0.2, -0.15) is 8.78 Å². The lowest BCUT2D eigenvalue weighted by Crippen LogP contribution is -2.18. The minimum atomic E-state index is -1.73. The highest BCUT2D eigenvalue weighted by molar-refractivity contribution is 5.89. The van der Waals surface area contributed by atoms with Crippen LogP contribution in [0.5, 0.6) is 5.75 Å². The minimum absolute atomic E-state index is 0.00397. The predicted octanol–water partition coefficient (Wildman–Crippen LogP) is 5.23. The van der Waals surface area contributed by atoms with Crippen molar-refractivity contribution in [3.63, 3.8) is 0 Å². The molecule has 0 aliphatic carbocycles. The lowest BCUT2D eigenvalue weighted by Gasteiger charge is -2.19. The van der Waals surface area contributed by atoms with Gasteiger partial charge in [0, 0.05) is 5.56 Å². The van der Waals surface area contributed by atoms with Gasteiger partial charge in [0.25, 0.3) is 0 Å². The second kappa shape index (κ2) is 9.54. The van der Waals surface area contributed by atoms with Gasteiger partial charge in [0.2, 0.25) is 11.6 Å². The first kappa shape index (κ1) is 22.4. The average Bonchev–Trinajstić information content (AvgIpc) is 2.69. The summed E-state index contributed by atoms with van der Waals surface area (Å²) in [6.07, 6.45) is 1.98. The third kappa shape index (κ3) is 4.75. The number of hydrogen-bond acceptors (Lipinski definition) is 3. The molecule has 4 nitrogen and oxygen atoms in total. The third-order valence-electron chi connectivity index (χ3n) is 4.44. The molecular formula is C21H20F4O4. The Labute approximate surface area is 165 Å². The Morgan fingerprint density at radius 2 is 1.52 bits per heavy atom. The standard InChI is InChI=1S/C21H20F4O4/c1-3-4-5-10-29-20-18(24)16(22)15(17(23)19(20)25)14(11(2)26)12-6-8-13(9-7-12)21(27)28/h6-9,14H,3-5,10H2,1-2H3,(H,27,28). The number of Topliss-reactive ketones (excluding diaryl/α,β-unsaturated/α-hetero) is 1. The van der Waals surface area contributed by atoms with Crippen LogP contribution in [0.2, 0.25) is 0 Å². The van der Waals surface area contributed by atoms with E-state index in [1.165, 1.54) is 12.1 Å². The summed E-state index contributed by atoms with van der Waals surface area (Å²) in [7, 11) is 0. The van der Waals surface area contributed by atoms with E-state index in [2.05, 4.69) is 0 Å². The van der Waals surface area contributed by atoms with Gasteiger partial charge in [0.15, 0.2) is 17.4 Å². The number of carboxylic acids is 1. The molecule has 1 atom stereocenters. The van der Waals surface area contributed by atoms with E-state index in [0.717, 1.165) is 25.5 Å². The first-order valence-corrected chi connectivity index (χ1v) is 9.03. The molecule has 0 saturated carbocycles. The fourth-order valence-corrected chi connectivity index (χ4v) is 2.96. The van der Waals surface area contributed by atoms with Gasteiger partial charge < -0.3 is 9.84 Å². The van der Waals surface area contributed by atoms with E-state index in [-0.39, 0.29) is 17.7 Å². The summed E-state index contributed by atoms with van der Waals surface area (Å²) >= 11 is 0. The van der Waals surface area contributed by atoms with Gasteiger partial charge in [-0.1, -0.05) is 31.9 Å². The average molecular weight is 412 g/mol. The second-order valence-electron chi connectivity index (χ2n) is 6.53. The third-order valence-corrected chi connectivity index (χ3v) is 4.44. The molecule has 0 fully saturated rings. The topological polar surface area (TPSA) is 63.6 Å². The Morgan fingerprint density at radius 1 is 0.966 bits per heavy atom. The van der Waals surface area contributed by atoms with Crippen LogP contribution < -0.4 is 4.74 Å². The Bertz CT molecular complexity index is 881. The van der Waals surface area contributed by atoms with Crippen LogP contribution >= 0.6 is 0 Å². The van der Waals surface area contributed by atoms with E-state index >= 15 is 0 Å². The van der Waals surface area contributed by atoms with Gasteiger partial charge in [0.1, 0.15) is 5.78 Å². The zero-order valence-corrected chi connectivity index (χ0v) is 15.9. The number of hydrogen-bond donors (Lipinski definition) is 1. The molecule has 0 aromatic heterocycles. The van der Waals surface area contributed by atoms with E-state index in [4.69, 9.17) is 9.84 Å². The highest BCUT2D eigenvalue weighted by Crippen LogP contribution is 2.37. The Hall–Kier alpha value is -2.90. The smallest absolute Gasteiger partial charge is 0.335 e. The predicted molar refractivity (Wildman–Crippen MR) is 97.2 cm³/mol. The number of carbonyl (C=O) groups excluding carboxylic acids is 1. The molecule has 0 aliphatic heterocycles. The van der Waals surface area contributed by atoms with Crippen LogP contribution in [0.4, 0.5) is 17.6 Å². The largest absolute Gasteiger partial charge is 0.487 e. The van der Waals surface area contributed by atoms with Crippen LogP contribution in [0.25, 0.3) is 0 Å². The van der Waals surface area contributed by atoms with E-state index in [0.29, 0.717) is 12.8 Å². The van der Waals surface area contributed by atoms with E-state index in [1.54, 1.807) is 0 Å². The fourth-order valence-electron chi connectivity index (χ4n) is 2.96. The molecule has 0 saturated heterocycles. The maximum atomic E-state index is 14.7. The first-order chi connectivity index (χ1) is 13.7. The summed E-state index contributed by atoms with van der Waals surface area (Å²) in [4.78, 5) is 23.0. The number of halogens is 4. The van der Waals surface area contributed by atoms with Crippen molar-refractivity contribution in [1.82, 2.24) is 0 Å². The molecule has 2 aromatic carbocycles. The van der Waals surface area contributed by atoms with Crippen LogP contribution in [-0.2, 0) is 4.79 Å². The summed E-state index contributed by atoms with van der Waals surface area (Å²) in [5, 5.41) is 8.94. The van der Waals surface area contributed by atoms with Gasteiger partial charge in [-0.3, -0.25) is 4.79 Å². The normalized spacial score (nSPS) is 11.9. The van der Waals surface area contributed by atoms with E-state index < -0.39 is 52.3 Å². The minimum Gasteiger partial charge on any atom is -0.487 e. The van der Waals surface area contributed by atoms with Crippen molar-refractivity contribution in [1.29, 1.82) is 0 Å². The molecule has 0 radical (unpaired) electrons. The maximum Gasteiger partial charge on any atom is 0.335 e. The number of ketones is 1. The quantitative estimate of drug-likeness (QED) is 0.348. The van der Waals surface area contributed by atoms with E-state index in [1.807, 2.05) is 6.92 Å². The summed E-state index contributed by atoms with van der Waals surface area (Å²) in [5.74, 6) is -11.7. The van der Waals surface area contributed by atoms with Crippen molar-refractivity contribution >= 4 is 11.8 Å². The molecule has 0 amide bonds. The van der Waals surface area contributed by atoms with Gasteiger partial charge in [-0.25, -0.2) is 13.6 Å². The van der Waals surface area contributed by atoms with Crippen LogP contribution in [0.1, 0.15) is 60.5 Å². The second-order valence-corrected chi connectivity index (χ2v) is 6.53. The van der Waals surface area contributed by atoms with Crippen LogP contribution in [0, 0.1) is 23.3 Å². The Morgan fingerprint density at radius 3 is 1.97 bits per heavy atom. The van der Waals surface area contributed by atoms with Crippen molar-refractivity contribution in [3.8, 4) is 5.75 Å². The highest BCUT2D eigenvalue weighted by atomic mass is 19.2. The summed E-state index contributed by atoms with van der Waals surface area (Å²) < 4.78 is 63.1. The molecule has 0 heterocycles. The summed E-state index contributed by atoms with van der Waals surface area (Å²) in [5.41, 5.74) is -1.21. The van der Waals surface area contributed by atoms with Crippen molar-refractivity contribution < 1.29 is 37.0 Å². The van der Waals surface area contributed by atoms with E-state index in [9.17, 15) is 27.2 Å². The number of benzene rings is 2. The van der Waals surface area contributed by atoms with Gasteiger partial charge in [-0.05, 0) is 31.0 Å². The molecular weight excluding hydrogens is 392 g/mol. The molecule has 0 spiro atoms. The monoisotopic (exact) mass is 412 g/mol. The molecule has 1 N–H and O–H groups in total. The number of aromatic carboxylic acids is 1. The molecule has 2 rings (SSSR count). The van der Waals surface area contributed by atoms with Crippen LogP contribution in [0.15, 0.2) is 24.3 Å². The SMILES string of the molecule is CCCCCOc1c(F)c(F)c(C(C(C)=O)c2ccc(C(=O)O)cc2)c(F)c1F. The summed E-state index contributed by atoms with van der Waals surface area (Å²) in [6.45, 7) is 2.80. The summed E-state index contributed by atoms with van der Waals surface area (Å²) in [6, 6.07) is 4.58. The van der Waals surface area contributed by atoms with Gasteiger partial charge in [0.05, 0.1) is 18.1 Å². The molecule has 8 heteroatoms. The van der Waals surface area contributed by atoms with Crippen molar-refractivity contribution in [3.05, 3.63) is 64.2 Å². The lowest BCUT2D eigenvalue weighted by atomic mass is 9.86. The fraction of sp³-hybridized carbons (Fsp3) is 0.333. The van der Waals surface area contributed by atoms with Crippen LogP contribution in [0.3, 0.4) is 0 Å². The number of ether oxygens (including phenoxy) is 1. The number of rotatable bonds is 9. The molecule has 2 aromatic rings. The number of carboxylic acid groups (broad SMARTS) is 1. The first-order valence-electron chi connectivity index (χ1n) is 9.03. The van der Waals surface area contributed by atoms with Gasteiger partial charge in [-0.15, -0.1) is 0 Å². The molecule has 29 heavy (non-hydrogen) atoms. The molecule has 156 valence electrons. The van der Waals surface area contributed by atoms with Crippen molar-refractivity contribution in [2.24, 2.45) is 0 Å². The van der Waals surface area contributed by atoms with Crippen molar-refractivity contribution in [2.75, 3.05) is 6.61 Å².